The van der Waals surface area contributed by atoms with E-state index in [1.807, 2.05) is 12.1 Å². The Morgan fingerprint density at radius 1 is 0.962 bits per heavy atom. The molecule has 2 amide bonds. The van der Waals surface area contributed by atoms with Crippen molar-refractivity contribution in [3.8, 4) is 0 Å². The van der Waals surface area contributed by atoms with Crippen molar-refractivity contribution >= 4 is 70.0 Å². The number of hydrogen-bond acceptors (Lipinski definition) is 7. The minimum absolute atomic E-state index is 0.0519. The lowest BCUT2D eigenvalue weighted by molar-refractivity contribution is 0.176. The number of ether oxygens (including phenoxy) is 2. The maximum atomic E-state index is 11.3. The predicted octanol–water partition coefficient (Wildman–Crippen LogP) is 3.29. The molecule has 0 fully saturated rings. The Hall–Kier alpha value is -2.11. The molecule has 0 radical (unpaired) electrons. The number of carbonyl (C=O) groups is 2. The van der Waals surface area contributed by atoms with Crippen molar-refractivity contribution in [1.29, 1.82) is 0 Å². The van der Waals surface area contributed by atoms with E-state index in [0.717, 1.165) is 4.90 Å². The quantitative estimate of drug-likeness (QED) is 0.435. The summed E-state index contributed by atoms with van der Waals surface area (Å²) in [5.74, 6) is 0. The van der Waals surface area contributed by atoms with E-state index < -0.39 is 12.2 Å². The van der Waals surface area contributed by atoms with Crippen LogP contribution < -0.4 is 21.3 Å². The van der Waals surface area contributed by atoms with E-state index in [0.29, 0.717) is 16.6 Å². The Labute approximate surface area is 166 Å². The summed E-state index contributed by atoms with van der Waals surface area (Å²) in [5.41, 5.74) is 1.11. The highest BCUT2D eigenvalue weighted by Crippen LogP contribution is 2.30. The van der Waals surface area contributed by atoms with Gasteiger partial charge in [0.1, 0.15) is 0 Å². The highest BCUT2D eigenvalue weighted by molar-refractivity contribution is 7.99. The smallest absolute Gasteiger partial charge is 0.413 e. The molecule has 0 saturated carbocycles. The molecule has 0 saturated heterocycles. The lowest BCUT2D eigenvalue weighted by atomic mass is 10.2. The summed E-state index contributed by atoms with van der Waals surface area (Å²) >= 11 is 11.8. The van der Waals surface area contributed by atoms with Crippen molar-refractivity contribution in [2.45, 2.75) is 24.0 Å². The van der Waals surface area contributed by atoms with Gasteiger partial charge in [-0.2, -0.15) is 0 Å². The lowest BCUT2D eigenvalue weighted by Gasteiger charge is -2.17. The molecule has 0 aliphatic heterocycles. The van der Waals surface area contributed by atoms with Crippen LogP contribution >= 0.6 is 36.2 Å². The largest absolute Gasteiger partial charge is 0.453 e. The topological polar surface area (TPSA) is 101 Å². The van der Waals surface area contributed by atoms with Gasteiger partial charge in [-0.15, -0.1) is 11.8 Å². The van der Waals surface area contributed by atoms with Gasteiger partial charge in [0.05, 0.1) is 25.6 Å². The number of rotatable bonds is 4. The van der Waals surface area contributed by atoms with Crippen LogP contribution in [0.25, 0.3) is 0 Å². The molecule has 0 spiro atoms. The van der Waals surface area contributed by atoms with E-state index in [2.05, 4.69) is 44.6 Å². The minimum atomic E-state index is -0.688. The number of amides is 2. The predicted molar refractivity (Wildman–Crippen MR) is 111 cm³/mol. The molecule has 8 nitrogen and oxygen atoms in total. The van der Waals surface area contributed by atoms with Crippen LogP contribution in [-0.2, 0) is 9.47 Å². The summed E-state index contributed by atoms with van der Waals surface area (Å²) in [6, 6.07) is 5.52. The van der Waals surface area contributed by atoms with Gasteiger partial charge in [0, 0.05) is 10.1 Å². The van der Waals surface area contributed by atoms with E-state index in [4.69, 9.17) is 24.4 Å². The van der Waals surface area contributed by atoms with Crippen LogP contribution in [0.5, 0.6) is 0 Å². The number of anilines is 2. The van der Waals surface area contributed by atoms with Gasteiger partial charge in [-0.1, -0.05) is 13.8 Å². The fraction of sp³-hybridized carbons (Fsp3) is 0.333. The highest BCUT2D eigenvalue weighted by Gasteiger charge is 2.12. The second-order valence-electron chi connectivity index (χ2n) is 5.02. The number of benzene rings is 1. The SMILES string of the molecule is COC(=O)NC(=S)Nc1ccc(SC(C)C)cc1NC(=S)NC(=O)OC. The molecule has 1 aromatic rings. The summed E-state index contributed by atoms with van der Waals surface area (Å²) in [7, 11) is 2.47. The van der Waals surface area contributed by atoms with Crippen molar-refractivity contribution in [2.24, 2.45) is 0 Å². The molecule has 11 heteroatoms. The molecule has 0 aromatic heterocycles. The van der Waals surface area contributed by atoms with Gasteiger partial charge in [-0.25, -0.2) is 9.59 Å². The number of thioether (sulfide) groups is 1. The number of nitrogens with one attached hydrogen (secondary N) is 4. The third kappa shape index (κ3) is 7.85. The molecule has 0 aliphatic carbocycles. The molecule has 26 heavy (non-hydrogen) atoms. The molecule has 0 heterocycles. The van der Waals surface area contributed by atoms with Gasteiger partial charge in [-0.05, 0) is 42.6 Å². The molecule has 0 atom stereocenters. The van der Waals surface area contributed by atoms with Gasteiger partial charge in [0.15, 0.2) is 10.2 Å². The molecule has 1 aromatic carbocycles. The summed E-state index contributed by atoms with van der Waals surface area (Å²) in [5, 5.41) is 11.0. The molecule has 142 valence electrons. The second kappa shape index (κ2) is 10.8. The van der Waals surface area contributed by atoms with Gasteiger partial charge in [0.2, 0.25) is 0 Å². The number of alkyl carbamates (subject to hydrolysis) is 2. The molecule has 0 unspecified atom stereocenters. The van der Waals surface area contributed by atoms with Gasteiger partial charge >= 0.3 is 12.2 Å². The third-order valence-corrected chi connectivity index (χ3v) is 4.07. The van der Waals surface area contributed by atoms with Crippen LogP contribution in [0.3, 0.4) is 0 Å². The van der Waals surface area contributed by atoms with Crippen molar-refractivity contribution in [1.82, 2.24) is 10.6 Å². The monoisotopic (exact) mass is 416 g/mol. The maximum Gasteiger partial charge on any atom is 0.413 e. The van der Waals surface area contributed by atoms with Gasteiger partial charge < -0.3 is 20.1 Å². The highest BCUT2D eigenvalue weighted by atomic mass is 32.2. The number of hydrogen-bond donors (Lipinski definition) is 4. The first-order valence-corrected chi connectivity index (χ1v) is 9.07. The third-order valence-electron chi connectivity index (χ3n) is 2.66. The van der Waals surface area contributed by atoms with E-state index in [-0.39, 0.29) is 10.2 Å². The van der Waals surface area contributed by atoms with Crippen molar-refractivity contribution < 1.29 is 19.1 Å². The van der Waals surface area contributed by atoms with Crippen LogP contribution in [0, 0.1) is 0 Å². The summed E-state index contributed by atoms with van der Waals surface area (Å²) < 4.78 is 9.00. The van der Waals surface area contributed by atoms with Gasteiger partial charge in [0.25, 0.3) is 0 Å². The normalized spacial score (nSPS) is 9.88. The second-order valence-corrected chi connectivity index (χ2v) is 7.48. The molecular formula is C15H20N4O4S3. The van der Waals surface area contributed by atoms with E-state index in [1.54, 1.807) is 17.8 Å². The zero-order valence-corrected chi connectivity index (χ0v) is 17.1. The van der Waals surface area contributed by atoms with E-state index in [9.17, 15) is 9.59 Å². The molecule has 1 rings (SSSR count). The van der Waals surface area contributed by atoms with E-state index >= 15 is 0 Å². The number of methoxy groups -OCH3 is 2. The number of carbonyl (C=O) groups excluding carboxylic acids is 2. The van der Waals surface area contributed by atoms with E-state index in [1.165, 1.54) is 14.2 Å². The molecular weight excluding hydrogens is 396 g/mol. The first-order chi connectivity index (χ1) is 12.2. The summed E-state index contributed by atoms with van der Waals surface area (Å²) in [6.45, 7) is 4.14. The van der Waals surface area contributed by atoms with Gasteiger partial charge in [-0.3, -0.25) is 10.6 Å². The standard InChI is InChI=1S/C15H20N4O4S3/c1-8(2)26-9-5-6-10(16-12(24)18-14(20)22-3)11(7-9)17-13(25)19-15(21)23-4/h5-8H,1-4H3,(H2,16,18,20,24)(H2,17,19,21,25). The minimum Gasteiger partial charge on any atom is -0.453 e. The fourth-order valence-corrected chi connectivity index (χ4v) is 2.94. The lowest BCUT2D eigenvalue weighted by Crippen LogP contribution is -2.35. The van der Waals surface area contributed by atoms with Crippen molar-refractivity contribution in [3.05, 3.63) is 18.2 Å². The average molecular weight is 417 g/mol. The van der Waals surface area contributed by atoms with Crippen molar-refractivity contribution in [3.63, 3.8) is 0 Å². The molecule has 4 N–H and O–H groups in total. The number of thiocarbonyl (C=S) groups is 2. The summed E-state index contributed by atoms with van der Waals surface area (Å²) in [4.78, 5) is 23.5. The molecule has 0 aliphatic rings. The zero-order valence-electron chi connectivity index (χ0n) is 14.7. The van der Waals surface area contributed by atoms with Crippen LogP contribution in [-0.4, -0.2) is 41.9 Å². The molecule has 0 bridgehead atoms. The van der Waals surface area contributed by atoms with Crippen LogP contribution in [0.15, 0.2) is 23.1 Å². The van der Waals surface area contributed by atoms with Crippen molar-refractivity contribution in [2.75, 3.05) is 24.9 Å². The van der Waals surface area contributed by atoms with Crippen LogP contribution in [0.2, 0.25) is 0 Å². The Balaban J connectivity index is 2.99. The first-order valence-electron chi connectivity index (χ1n) is 7.37. The van der Waals surface area contributed by atoms with Crippen LogP contribution in [0.1, 0.15) is 13.8 Å². The Morgan fingerprint density at radius 3 is 1.92 bits per heavy atom. The maximum absolute atomic E-state index is 11.3. The fourth-order valence-electron chi connectivity index (χ4n) is 1.68. The first kappa shape index (κ1) is 21.9. The Morgan fingerprint density at radius 2 is 1.46 bits per heavy atom. The van der Waals surface area contributed by atoms with Crippen LogP contribution in [0.4, 0.5) is 21.0 Å². The zero-order chi connectivity index (χ0) is 19.7. The Bertz CT molecular complexity index is 697. The Kier molecular flexibility index (Phi) is 9.10. The summed E-state index contributed by atoms with van der Waals surface area (Å²) in [6.07, 6.45) is -1.38. The average Bonchev–Trinajstić information content (AvgIpc) is 2.56.